The standard InChI is InChI=1S/C29H31FN4O4S/c1-19(21-10-12-24(30)13-11-21)33-27(35)22-14-23(16-25(15-22)34(3)39(4,36)37)28-32-18-26(38-28)29(2,31)17-20-8-6-5-7-9-20/h5-16,18-19H,17,31H2,1-4H3,(H,33,35). The minimum absolute atomic E-state index is 0.194. The Hall–Kier alpha value is -4.02. The highest BCUT2D eigenvalue weighted by molar-refractivity contribution is 7.92. The van der Waals surface area contributed by atoms with Crippen LogP contribution in [0.5, 0.6) is 0 Å². The molecular formula is C29H31FN4O4S. The summed E-state index contributed by atoms with van der Waals surface area (Å²) in [5.41, 5.74) is 8.34. The van der Waals surface area contributed by atoms with Gasteiger partial charge >= 0.3 is 0 Å². The van der Waals surface area contributed by atoms with Gasteiger partial charge in [-0.05, 0) is 61.7 Å². The van der Waals surface area contributed by atoms with E-state index in [9.17, 15) is 17.6 Å². The molecule has 3 aromatic carbocycles. The normalized spacial score (nSPS) is 13.9. The zero-order valence-electron chi connectivity index (χ0n) is 22.2. The van der Waals surface area contributed by atoms with Crippen LogP contribution in [0.4, 0.5) is 10.1 Å². The number of aromatic nitrogens is 1. The summed E-state index contributed by atoms with van der Waals surface area (Å²) < 4.78 is 45.0. The summed E-state index contributed by atoms with van der Waals surface area (Å²) in [5, 5.41) is 2.87. The highest BCUT2D eigenvalue weighted by Crippen LogP contribution is 2.31. The smallest absolute Gasteiger partial charge is 0.251 e. The number of amides is 1. The molecule has 0 spiro atoms. The van der Waals surface area contributed by atoms with Crippen LogP contribution in [-0.2, 0) is 22.0 Å². The maximum atomic E-state index is 13.3. The molecule has 10 heteroatoms. The summed E-state index contributed by atoms with van der Waals surface area (Å²) in [7, 11) is -2.23. The first-order valence-corrected chi connectivity index (χ1v) is 14.1. The molecule has 0 aliphatic carbocycles. The zero-order valence-corrected chi connectivity index (χ0v) is 23.0. The average Bonchev–Trinajstić information content (AvgIpc) is 3.40. The monoisotopic (exact) mass is 550 g/mol. The van der Waals surface area contributed by atoms with Crippen LogP contribution in [-0.4, -0.2) is 32.6 Å². The number of nitrogens with one attached hydrogen (secondary N) is 1. The highest BCUT2D eigenvalue weighted by Gasteiger charge is 2.27. The molecule has 0 bridgehead atoms. The summed E-state index contributed by atoms with van der Waals surface area (Å²) in [6, 6.07) is 19.8. The largest absolute Gasteiger partial charge is 0.439 e. The van der Waals surface area contributed by atoms with Gasteiger partial charge in [0.25, 0.3) is 5.91 Å². The van der Waals surface area contributed by atoms with Crippen molar-refractivity contribution in [2.75, 3.05) is 17.6 Å². The van der Waals surface area contributed by atoms with Gasteiger partial charge in [-0.3, -0.25) is 9.10 Å². The molecule has 0 aliphatic heterocycles. The first-order valence-electron chi connectivity index (χ1n) is 12.3. The molecule has 39 heavy (non-hydrogen) atoms. The van der Waals surface area contributed by atoms with Gasteiger partial charge in [0, 0.05) is 18.2 Å². The van der Waals surface area contributed by atoms with E-state index < -0.39 is 27.5 Å². The SMILES string of the molecule is CC(NC(=O)c1cc(-c2ncc(C(C)(N)Cc3ccccc3)o2)cc(N(C)S(C)(=O)=O)c1)c1ccc(F)cc1. The van der Waals surface area contributed by atoms with E-state index in [4.69, 9.17) is 10.2 Å². The van der Waals surface area contributed by atoms with Crippen molar-refractivity contribution in [2.45, 2.75) is 31.8 Å². The minimum Gasteiger partial charge on any atom is -0.439 e. The molecule has 0 aliphatic rings. The molecule has 1 amide bonds. The lowest BCUT2D eigenvalue weighted by Gasteiger charge is -2.21. The molecule has 0 fully saturated rings. The number of carbonyl (C=O) groups excluding carboxylic acids is 1. The molecule has 204 valence electrons. The van der Waals surface area contributed by atoms with Gasteiger partial charge < -0.3 is 15.5 Å². The second-order valence-corrected chi connectivity index (χ2v) is 11.9. The van der Waals surface area contributed by atoms with Crippen LogP contribution in [0.2, 0.25) is 0 Å². The topological polar surface area (TPSA) is 119 Å². The van der Waals surface area contributed by atoms with Crippen LogP contribution in [0.15, 0.2) is 83.4 Å². The van der Waals surface area contributed by atoms with Gasteiger partial charge in [-0.25, -0.2) is 17.8 Å². The fourth-order valence-electron chi connectivity index (χ4n) is 4.13. The third-order valence-electron chi connectivity index (χ3n) is 6.49. The van der Waals surface area contributed by atoms with Crippen molar-refractivity contribution < 1.29 is 22.0 Å². The third-order valence-corrected chi connectivity index (χ3v) is 7.69. The molecule has 2 atom stereocenters. The average molecular weight is 551 g/mol. The maximum absolute atomic E-state index is 13.3. The Morgan fingerprint density at radius 3 is 2.44 bits per heavy atom. The van der Waals surface area contributed by atoms with Gasteiger partial charge in [0.2, 0.25) is 15.9 Å². The first kappa shape index (κ1) is 28.0. The van der Waals surface area contributed by atoms with Crippen molar-refractivity contribution in [3.63, 3.8) is 0 Å². The number of nitrogens with two attached hydrogens (primary N) is 1. The molecule has 2 unspecified atom stereocenters. The van der Waals surface area contributed by atoms with Crippen LogP contribution in [0.25, 0.3) is 11.5 Å². The quantitative estimate of drug-likeness (QED) is 0.310. The number of oxazole rings is 1. The van der Waals surface area contributed by atoms with E-state index in [1.165, 1.54) is 25.2 Å². The predicted molar refractivity (Wildman–Crippen MR) is 149 cm³/mol. The van der Waals surface area contributed by atoms with Crippen LogP contribution in [0, 0.1) is 5.82 Å². The Balaban J connectivity index is 1.67. The fraction of sp³-hybridized carbons (Fsp3) is 0.241. The fourth-order valence-corrected chi connectivity index (χ4v) is 4.62. The van der Waals surface area contributed by atoms with Crippen LogP contribution >= 0.6 is 0 Å². The van der Waals surface area contributed by atoms with E-state index in [1.54, 1.807) is 37.4 Å². The van der Waals surface area contributed by atoms with Gasteiger partial charge in [-0.1, -0.05) is 42.5 Å². The van der Waals surface area contributed by atoms with Crippen molar-refractivity contribution in [2.24, 2.45) is 5.73 Å². The number of nitrogens with zero attached hydrogens (tertiary/aromatic N) is 2. The number of hydrogen-bond donors (Lipinski definition) is 2. The molecule has 8 nitrogen and oxygen atoms in total. The highest BCUT2D eigenvalue weighted by atomic mass is 32.2. The number of anilines is 1. The summed E-state index contributed by atoms with van der Waals surface area (Å²) in [6.07, 6.45) is 3.12. The third kappa shape index (κ3) is 6.71. The summed E-state index contributed by atoms with van der Waals surface area (Å²) in [4.78, 5) is 17.6. The summed E-state index contributed by atoms with van der Waals surface area (Å²) >= 11 is 0. The summed E-state index contributed by atoms with van der Waals surface area (Å²) in [5.74, 6) is -0.185. The molecule has 4 rings (SSSR count). The van der Waals surface area contributed by atoms with Gasteiger partial charge in [0.1, 0.15) is 11.6 Å². The van der Waals surface area contributed by atoms with Gasteiger partial charge in [-0.15, -0.1) is 0 Å². The van der Waals surface area contributed by atoms with E-state index in [2.05, 4.69) is 10.3 Å². The van der Waals surface area contributed by atoms with Gasteiger partial charge in [0.15, 0.2) is 0 Å². The molecule has 0 saturated carbocycles. The number of hydrogen-bond acceptors (Lipinski definition) is 6. The predicted octanol–water partition coefficient (Wildman–Crippen LogP) is 4.78. The lowest BCUT2D eigenvalue weighted by Crippen LogP contribution is -2.35. The van der Waals surface area contributed by atoms with Crippen molar-refractivity contribution in [3.05, 3.63) is 107 Å². The molecule has 1 heterocycles. The van der Waals surface area contributed by atoms with Crippen LogP contribution in [0.3, 0.4) is 0 Å². The van der Waals surface area contributed by atoms with E-state index in [0.29, 0.717) is 23.3 Å². The van der Waals surface area contributed by atoms with Crippen LogP contribution in [0.1, 0.15) is 47.1 Å². The van der Waals surface area contributed by atoms with Crippen molar-refractivity contribution in [1.82, 2.24) is 10.3 Å². The Bertz CT molecular complexity index is 1570. The first-order chi connectivity index (χ1) is 18.3. The second kappa shape index (κ2) is 11.0. The maximum Gasteiger partial charge on any atom is 0.251 e. The molecule has 3 N–H and O–H groups in total. The molecule has 4 aromatic rings. The molecule has 0 saturated heterocycles. The number of rotatable bonds is 9. The minimum atomic E-state index is -3.62. The van der Waals surface area contributed by atoms with E-state index in [0.717, 1.165) is 16.1 Å². The van der Waals surface area contributed by atoms with Gasteiger partial charge in [0.05, 0.1) is 29.7 Å². The number of halogens is 1. The summed E-state index contributed by atoms with van der Waals surface area (Å²) in [6.45, 7) is 3.61. The Kier molecular flexibility index (Phi) is 7.89. The lowest BCUT2D eigenvalue weighted by molar-refractivity contribution is 0.0940. The molecule has 0 radical (unpaired) electrons. The Morgan fingerprint density at radius 1 is 1.13 bits per heavy atom. The number of benzene rings is 3. The van der Waals surface area contributed by atoms with Crippen LogP contribution < -0.4 is 15.4 Å². The van der Waals surface area contributed by atoms with Crippen molar-refractivity contribution in [1.29, 1.82) is 0 Å². The van der Waals surface area contributed by atoms with Gasteiger partial charge in [-0.2, -0.15) is 0 Å². The number of sulfonamides is 1. The second-order valence-electron chi connectivity index (χ2n) is 9.86. The van der Waals surface area contributed by atoms with Crippen molar-refractivity contribution >= 4 is 21.6 Å². The lowest BCUT2D eigenvalue weighted by atomic mass is 9.92. The zero-order chi connectivity index (χ0) is 28.4. The molecular weight excluding hydrogens is 519 g/mol. The van der Waals surface area contributed by atoms with E-state index in [1.807, 2.05) is 37.3 Å². The Morgan fingerprint density at radius 2 is 1.79 bits per heavy atom. The molecule has 1 aromatic heterocycles. The Labute approximate surface area is 227 Å². The van der Waals surface area contributed by atoms with E-state index >= 15 is 0 Å². The number of carbonyl (C=O) groups is 1. The van der Waals surface area contributed by atoms with E-state index in [-0.39, 0.29) is 23.0 Å². The van der Waals surface area contributed by atoms with Crippen molar-refractivity contribution in [3.8, 4) is 11.5 Å².